The third kappa shape index (κ3) is 4.91. The Morgan fingerprint density at radius 1 is 0.538 bits per heavy atom. The lowest BCUT2D eigenvalue weighted by atomic mass is 9.71. The van der Waals surface area contributed by atoms with E-state index in [2.05, 4.69) is 101 Å². The van der Waals surface area contributed by atoms with E-state index in [9.17, 15) is 0 Å². The molecule has 0 N–H and O–H groups in total. The molecule has 0 heterocycles. The molecule has 4 aliphatic carbocycles. The van der Waals surface area contributed by atoms with Gasteiger partial charge in [0, 0.05) is 0 Å². The van der Waals surface area contributed by atoms with Crippen LogP contribution in [0.2, 0.25) is 24.2 Å². The first-order chi connectivity index (χ1) is 18.8. The molecule has 1 heteroatoms. The second-order valence-electron chi connectivity index (χ2n) is 15.7. The molecule has 4 saturated carbocycles. The summed E-state index contributed by atoms with van der Waals surface area (Å²) in [6.07, 6.45) is 11.8. The SMILES string of the molecule is CC(C)C1CC2C(c3ccccc3)CCCC2C1[Si](C)(C)C1C(C(C)C)CC2C(c3ccccc3)CCCC21. The fourth-order valence-corrected chi connectivity index (χ4v) is 18.5. The Bertz CT molecular complexity index is 985. The molecule has 0 bridgehead atoms. The lowest BCUT2D eigenvalue weighted by molar-refractivity contribution is 0.226. The van der Waals surface area contributed by atoms with Crippen LogP contribution in [0.4, 0.5) is 0 Å². The van der Waals surface area contributed by atoms with Crippen LogP contribution in [-0.2, 0) is 0 Å². The van der Waals surface area contributed by atoms with Gasteiger partial charge in [0.15, 0.2) is 0 Å². The van der Waals surface area contributed by atoms with Crippen molar-refractivity contribution in [1.29, 1.82) is 0 Å². The van der Waals surface area contributed by atoms with Gasteiger partial charge in [-0.3, -0.25) is 0 Å². The average molecular weight is 541 g/mol. The molecule has 2 aromatic rings. The summed E-state index contributed by atoms with van der Waals surface area (Å²) in [7, 11) is -1.57. The summed E-state index contributed by atoms with van der Waals surface area (Å²) in [6.45, 7) is 16.2. The van der Waals surface area contributed by atoms with Gasteiger partial charge in [0.25, 0.3) is 0 Å². The molecule has 0 saturated heterocycles. The van der Waals surface area contributed by atoms with E-state index in [1.165, 1.54) is 51.4 Å². The maximum Gasteiger partial charge on any atom is 0.0547 e. The van der Waals surface area contributed by atoms with Gasteiger partial charge >= 0.3 is 0 Å². The topological polar surface area (TPSA) is 0 Å². The zero-order valence-electron chi connectivity index (χ0n) is 25.9. The van der Waals surface area contributed by atoms with Gasteiger partial charge in [-0.1, -0.05) is 127 Å². The van der Waals surface area contributed by atoms with E-state index in [0.29, 0.717) is 0 Å². The number of rotatable bonds is 6. The molecular weight excluding hydrogens is 485 g/mol. The number of hydrogen-bond donors (Lipinski definition) is 0. The minimum absolute atomic E-state index is 0.801. The molecule has 212 valence electrons. The Labute approximate surface area is 241 Å². The molecule has 39 heavy (non-hydrogen) atoms. The molecule has 0 aromatic heterocycles. The molecule has 0 aliphatic heterocycles. The quantitative estimate of drug-likeness (QED) is 0.320. The third-order valence-corrected chi connectivity index (χ3v) is 18.2. The van der Waals surface area contributed by atoms with Gasteiger partial charge < -0.3 is 0 Å². The van der Waals surface area contributed by atoms with Crippen molar-refractivity contribution in [2.75, 3.05) is 0 Å². The third-order valence-electron chi connectivity index (χ3n) is 13.1. The summed E-state index contributed by atoms with van der Waals surface area (Å²) < 4.78 is 0. The van der Waals surface area contributed by atoms with Gasteiger partial charge in [0.2, 0.25) is 0 Å². The van der Waals surface area contributed by atoms with Crippen LogP contribution in [0.3, 0.4) is 0 Å². The molecular formula is C38H56Si. The lowest BCUT2D eigenvalue weighted by Gasteiger charge is -2.50. The molecule has 10 atom stereocenters. The predicted molar refractivity (Wildman–Crippen MR) is 171 cm³/mol. The van der Waals surface area contributed by atoms with Crippen molar-refractivity contribution in [3.05, 3.63) is 71.8 Å². The molecule has 0 spiro atoms. The molecule has 10 unspecified atom stereocenters. The van der Waals surface area contributed by atoms with Crippen LogP contribution < -0.4 is 0 Å². The van der Waals surface area contributed by atoms with E-state index in [0.717, 1.165) is 70.3 Å². The van der Waals surface area contributed by atoms with E-state index in [4.69, 9.17) is 0 Å². The maximum absolute atomic E-state index is 2.93. The van der Waals surface area contributed by atoms with Crippen LogP contribution in [0.1, 0.15) is 102 Å². The molecule has 0 nitrogen and oxygen atoms in total. The van der Waals surface area contributed by atoms with E-state index in [-0.39, 0.29) is 0 Å². The highest BCUT2D eigenvalue weighted by atomic mass is 28.3. The zero-order chi connectivity index (χ0) is 27.3. The standard InChI is InChI=1S/C38H56Si/c1-25(2)33-23-35-29(27-15-9-7-10-16-27)19-13-21-31(35)37(33)39(5,6)38-32-22-14-20-30(28-17-11-8-12-18-28)36(32)24-34(38)26(3)4/h7-12,15-18,25-26,29-38H,13-14,19-24H2,1-6H3. The van der Waals surface area contributed by atoms with Crippen LogP contribution in [0.15, 0.2) is 60.7 Å². The van der Waals surface area contributed by atoms with Crippen LogP contribution in [0, 0.1) is 47.3 Å². The molecule has 0 radical (unpaired) electrons. The summed E-state index contributed by atoms with van der Waals surface area (Å²) in [6, 6.07) is 23.4. The minimum atomic E-state index is -1.57. The Hall–Kier alpha value is -1.34. The van der Waals surface area contributed by atoms with Crippen LogP contribution in [0.25, 0.3) is 0 Å². The monoisotopic (exact) mass is 540 g/mol. The van der Waals surface area contributed by atoms with Crippen LogP contribution in [0.5, 0.6) is 0 Å². The normalized spacial score (nSPS) is 38.7. The fraction of sp³-hybridized carbons (Fsp3) is 0.684. The van der Waals surface area contributed by atoms with Gasteiger partial charge in [-0.2, -0.15) is 0 Å². The van der Waals surface area contributed by atoms with Crippen LogP contribution in [-0.4, -0.2) is 8.07 Å². The Morgan fingerprint density at radius 3 is 1.28 bits per heavy atom. The number of hydrogen-bond acceptors (Lipinski definition) is 0. The smallest absolute Gasteiger partial charge is 0.0547 e. The first-order valence-electron chi connectivity index (χ1n) is 16.9. The number of fused-ring (bicyclic) bond motifs is 2. The van der Waals surface area contributed by atoms with Gasteiger partial charge in [0.1, 0.15) is 0 Å². The maximum atomic E-state index is 2.93. The van der Waals surface area contributed by atoms with Crippen molar-refractivity contribution in [1.82, 2.24) is 0 Å². The van der Waals surface area contributed by atoms with E-state index >= 15 is 0 Å². The Kier molecular flexibility index (Phi) is 7.95. The minimum Gasteiger partial charge on any atom is -0.0689 e. The molecule has 2 aromatic carbocycles. The second kappa shape index (κ2) is 11.1. The average Bonchev–Trinajstić information content (AvgIpc) is 3.54. The van der Waals surface area contributed by atoms with Crippen molar-refractivity contribution in [2.24, 2.45) is 47.3 Å². The summed E-state index contributed by atoms with van der Waals surface area (Å²) in [5.41, 5.74) is 5.31. The summed E-state index contributed by atoms with van der Waals surface area (Å²) in [4.78, 5) is 0. The second-order valence-corrected chi connectivity index (χ2v) is 20.7. The van der Waals surface area contributed by atoms with Gasteiger partial charge in [-0.05, 0) is 107 Å². The van der Waals surface area contributed by atoms with Crippen molar-refractivity contribution in [3.63, 3.8) is 0 Å². The predicted octanol–water partition coefficient (Wildman–Crippen LogP) is 11.2. The molecule has 4 aliphatic rings. The highest BCUT2D eigenvalue weighted by molar-refractivity contribution is 6.80. The first kappa shape index (κ1) is 27.8. The summed E-state index contributed by atoms with van der Waals surface area (Å²) >= 11 is 0. The number of benzene rings is 2. The Balaban J connectivity index is 1.36. The van der Waals surface area contributed by atoms with Crippen molar-refractivity contribution < 1.29 is 0 Å². The summed E-state index contributed by atoms with van der Waals surface area (Å²) in [5, 5.41) is 0. The highest BCUT2D eigenvalue weighted by Gasteiger charge is 2.61. The first-order valence-corrected chi connectivity index (χ1v) is 20.0. The molecule has 6 rings (SSSR count). The Morgan fingerprint density at radius 2 is 0.923 bits per heavy atom. The van der Waals surface area contributed by atoms with Crippen LogP contribution >= 0.6 is 0 Å². The van der Waals surface area contributed by atoms with Crippen molar-refractivity contribution in [3.8, 4) is 0 Å². The molecule has 0 amide bonds. The zero-order valence-corrected chi connectivity index (χ0v) is 26.9. The van der Waals surface area contributed by atoms with E-state index in [1.807, 2.05) is 0 Å². The largest absolute Gasteiger partial charge is 0.0689 e. The summed E-state index contributed by atoms with van der Waals surface area (Å²) in [5.74, 6) is 8.90. The van der Waals surface area contributed by atoms with Crippen molar-refractivity contribution >= 4 is 8.07 Å². The van der Waals surface area contributed by atoms with Gasteiger partial charge in [-0.25, -0.2) is 0 Å². The van der Waals surface area contributed by atoms with Gasteiger partial charge in [0.05, 0.1) is 8.07 Å². The lowest BCUT2D eigenvalue weighted by Crippen LogP contribution is -2.48. The van der Waals surface area contributed by atoms with Gasteiger partial charge in [-0.15, -0.1) is 0 Å². The molecule has 4 fully saturated rings. The van der Waals surface area contributed by atoms with E-state index < -0.39 is 8.07 Å². The van der Waals surface area contributed by atoms with E-state index in [1.54, 1.807) is 11.1 Å². The van der Waals surface area contributed by atoms with Crippen molar-refractivity contribution in [2.45, 2.75) is 115 Å². The highest BCUT2D eigenvalue weighted by Crippen LogP contribution is 2.69. The fourth-order valence-electron chi connectivity index (χ4n) is 11.8.